The van der Waals surface area contributed by atoms with Crippen molar-refractivity contribution in [1.82, 2.24) is 0 Å². The molecule has 0 heterocycles. The molecule has 9 heteroatoms. The van der Waals surface area contributed by atoms with Crippen molar-refractivity contribution in [3.63, 3.8) is 0 Å². The van der Waals surface area contributed by atoms with E-state index in [4.69, 9.17) is 18.9 Å². The van der Waals surface area contributed by atoms with E-state index in [0.717, 1.165) is 96.3 Å². The summed E-state index contributed by atoms with van der Waals surface area (Å²) in [5.41, 5.74) is 0. The summed E-state index contributed by atoms with van der Waals surface area (Å²) in [4.78, 5) is 37.6. The van der Waals surface area contributed by atoms with Gasteiger partial charge in [0.05, 0.1) is 40.3 Å². The molecule has 0 aromatic heterocycles. The minimum Gasteiger partial charge on any atom is -0.545 e. The number of allylic oxidation sites excluding steroid dienone is 22. The number of aliphatic carboxylic acids is 1. The molecule has 2 atom stereocenters. The lowest BCUT2D eigenvalue weighted by molar-refractivity contribution is -0.870. The first-order valence-electron chi connectivity index (χ1n) is 39.3. The zero-order valence-electron chi connectivity index (χ0n) is 62.3. The number of likely N-dealkylation sites (N-methyl/N-ethyl adjacent to an activating group) is 1. The third kappa shape index (κ3) is 76.7. The lowest BCUT2D eigenvalue weighted by atomic mass is 10.0. The van der Waals surface area contributed by atoms with Crippen molar-refractivity contribution in [3.05, 3.63) is 134 Å². The minimum absolute atomic E-state index is 0.133. The van der Waals surface area contributed by atoms with E-state index in [1.165, 1.54) is 205 Å². The summed E-state index contributed by atoms with van der Waals surface area (Å²) >= 11 is 0. The molecule has 0 radical (unpaired) electrons. The Labute approximate surface area is 586 Å². The summed E-state index contributed by atoms with van der Waals surface area (Å²) in [7, 11) is 5.92. The van der Waals surface area contributed by atoms with E-state index in [0.29, 0.717) is 17.4 Å². The van der Waals surface area contributed by atoms with Gasteiger partial charge in [0.25, 0.3) is 0 Å². The number of carboxylic acid groups (broad SMARTS) is 1. The van der Waals surface area contributed by atoms with Gasteiger partial charge in [-0.05, 0) is 116 Å². The highest BCUT2D eigenvalue weighted by Gasteiger charge is 2.22. The Morgan fingerprint density at radius 1 is 0.326 bits per heavy atom. The topological polar surface area (TPSA) is 111 Å². The van der Waals surface area contributed by atoms with Crippen molar-refractivity contribution in [2.45, 2.75) is 347 Å². The molecule has 0 amide bonds. The molecular weight excluding hydrogens is 1170 g/mol. The van der Waals surface area contributed by atoms with Crippen molar-refractivity contribution in [2.75, 3.05) is 47.5 Å². The van der Waals surface area contributed by atoms with Crippen LogP contribution in [0.4, 0.5) is 0 Å². The number of unbranched alkanes of at least 4 members (excludes halogenated alkanes) is 35. The van der Waals surface area contributed by atoms with E-state index in [-0.39, 0.29) is 38.6 Å². The smallest absolute Gasteiger partial charge is 0.306 e. The third-order valence-electron chi connectivity index (χ3n) is 16.9. The zero-order valence-corrected chi connectivity index (χ0v) is 62.3. The van der Waals surface area contributed by atoms with Gasteiger partial charge in [-0.15, -0.1) is 0 Å². The van der Waals surface area contributed by atoms with Crippen molar-refractivity contribution < 1.29 is 42.9 Å². The molecule has 0 fully saturated rings. The largest absolute Gasteiger partial charge is 0.545 e. The Balaban J connectivity index is 4.12. The van der Waals surface area contributed by atoms with E-state index < -0.39 is 24.3 Å². The number of nitrogens with zero attached hydrogens (tertiary/aromatic N) is 1. The highest BCUT2D eigenvalue weighted by atomic mass is 16.7. The van der Waals surface area contributed by atoms with E-state index in [1.807, 2.05) is 21.1 Å². The van der Waals surface area contributed by atoms with Gasteiger partial charge in [-0.3, -0.25) is 9.59 Å². The molecule has 0 aromatic carbocycles. The van der Waals surface area contributed by atoms with Crippen LogP contribution in [0, 0.1) is 0 Å². The third-order valence-corrected chi connectivity index (χ3v) is 16.9. The number of esters is 2. The van der Waals surface area contributed by atoms with Crippen LogP contribution < -0.4 is 5.11 Å². The molecule has 2 unspecified atom stereocenters. The second kappa shape index (κ2) is 75.2. The summed E-state index contributed by atoms with van der Waals surface area (Å²) in [5.74, 6) is -2.34. The first kappa shape index (κ1) is 90.4. The number of hydrogen-bond donors (Lipinski definition) is 0. The van der Waals surface area contributed by atoms with E-state index in [1.54, 1.807) is 0 Å². The van der Waals surface area contributed by atoms with Crippen molar-refractivity contribution >= 4 is 17.9 Å². The molecule has 544 valence electrons. The van der Waals surface area contributed by atoms with Crippen molar-refractivity contribution in [2.24, 2.45) is 0 Å². The molecule has 9 nitrogen and oxygen atoms in total. The normalized spacial score (nSPS) is 13.4. The Kier molecular flexibility index (Phi) is 71.6. The highest BCUT2D eigenvalue weighted by molar-refractivity contribution is 5.70. The summed E-state index contributed by atoms with van der Waals surface area (Å²) in [5, 5.41) is 11.8. The monoisotopic (exact) mass is 1320 g/mol. The molecule has 0 bridgehead atoms. The van der Waals surface area contributed by atoms with Gasteiger partial charge in [-0.1, -0.05) is 340 Å². The summed E-state index contributed by atoms with van der Waals surface area (Å²) in [6.45, 7) is 4.61. The fourth-order valence-corrected chi connectivity index (χ4v) is 10.9. The maximum absolute atomic E-state index is 12.9. The Morgan fingerprint density at radius 2 is 0.600 bits per heavy atom. The van der Waals surface area contributed by atoms with Gasteiger partial charge in [-0.25, -0.2) is 0 Å². The highest BCUT2D eigenvalue weighted by Crippen LogP contribution is 2.18. The van der Waals surface area contributed by atoms with Crippen LogP contribution >= 0.6 is 0 Å². The Hall–Kier alpha value is -4.57. The number of carboxylic acids is 1. The van der Waals surface area contributed by atoms with Gasteiger partial charge in [0.2, 0.25) is 0 Å². The van der Waals surface area contributed by atoms with Crippen molar-refractivity contribution in [1.29, 1.82) is 0 Å². The van der Waals surface area contributed by atoms with E-state index in [2.05, 4.69) is 148 Å². The number of rotatable bonds is 72. The molecular formula is C86H147NO8. The molecule has 0 saturated heterocycles. The van der Waals surface area contributed by atoms with E-state index >= 15 is 0 Å². The maximum atomic E-state index is 12.9. The van der Waals surface area contributed by atoms with Gasteiger partial charge in [0.1, 0.15) is 13.2 Å². The molecule has 95 heavy (non-hydrogen) atoms. The van der Waals surface area contributed by atoms with Crippen LogP contribution in [-0.2, 0) is 33.3 Å². The molecule has 0 aliphatic heterocycles. The van der Waals surface area contributed by atoms with Gasteiger partial charge < -0.3 is 33.3 Å². The van der Waals surface area contributed by atoms with Gasteiger partial charge in [0.15, 0.2) is 12.4 Å². The second-order valence-corrected chi connectivity index (χ2v) is 27.3. The van der Waals surface area contributed by atoms with Crippen LogP contribution in [-0.4, -0.2) is 82.3 Å². The fourth-order valence-electron chi connectivity index (χ4n) is 10.9. The molecule has 0 aliphatic carbocycles. The number of hydrogen-bond acceptors (Lipinski definition) is 8. The number of carbonyl (C=O) groups is 3. The van der Waals surface area contributed by atoms with Gasteiger partial charge in [0, 0.05) is 12.8 Å². The van der Waals surface area contributed by atoms with Crippen molar-refractivity contribution in [3.8, 4) is 0 Å². The fraction of sp³-hybridized carbons (Fsp3) is 0.709. The number of carbonyl (C=O) groups excluding carboxylic acids is 3. The van der Waals surface area contributed by atoms with Crippen LogP contribution in [0.2, 0.25) is 0 Å². The Morgan fingerprint density at radius 3 is 0.926 bits per heavy atom. The number of ether oxygens (including phenoxy) is 4. The molecule has 0 rings (SSSR count). The van der Waals surface area contributed by atoms with Crippen LogP contribution in [0.5, 0.6) is 0 Å². The molecule has 0 aliphatic rings. The predicted octanol–water partition coefficient (Wildman–Crippen LogP) is 23.9. The zero-order chi connectivity index (χ0) is 69.0. The summed E-state index contributed by atoms with van der Waals surface area (Å²) < 4.78 is 22.8. The average molecular weight is 1320 g/mol. The summed E-state index contributed by atoms with van der Waals surface area (Å²) in [6.07, 6.45) is 106. The van der Waals surface area contributed by atoms with E-state index in [9.17, 15) is 19.5 Å². The SMILES string of the molecule is CC/C=C\C/C=C\C/C=C\C/C=C\C/C=C\C/C=C\C/C=C\C/C=C\C/C=C\C/C=C\CCCCC(=O)OC(COC(=O)CCCCCCCCCCCCCCCCCCCCCCCCCCC/C=C\CCCCCCCCCC)COC(OCC[N+](C)(C)C)C(=O)[O-]. The molecule has 0 saturated carbocycles. The standard InChI is InChI=1S/C86H147NO8/c1-6-8-10-12-14-16-18-20-22-24-26-28-30-32-34-36-38-40-41-42-43-45-46-48-50-52-54-56-58-60-62-64-66-68-70-72-74-76-83(88)93-80-82(81-94-86(85(90)91)92-79-78-87(3,4)5)95-84(89)77-75-73-71-69-67-65-63-61-59-57-55-53-51-49-47-44-39-37-35-33-31-29-27-25-23-21-19-17-15-13-11-9-7-2/h9,11,15,17,21,23-24,26-27,29,33,35,39,44,49,51,55,57,61,63,67,69,82,86H,6-8,10,12-14,16,18-20,22,25,28,30-32,34,36-38,40-43,45-48,50,52-54,56,58-60,62,64-66,68,70-81H2,1-5H3/b11-9-,17-15-,23-21-,26-24-,29-27-,35-33-,44-39-,51-49-,57-55-,63-61-,69-67-. The van der Waals surface area contributed by atoms with Crippen LogP contribution in [0.15, 0.2) is 134 Å². The first-order valence-corrected chi connectivity index (χ1v) is 39.3. The second-order valence-electron chi connectivity index (χ2n) is 27.3. The lowest BCUT2D eigenvalue weighted by Crippen LogP contribution is -2.44. The minimum atomic E-state index is -1.64. The van der Waals surface area contributed by atoms with Gasteiger partial charge >= 0.3 is 11.9 Å². The first-order chi connectivity index (χ1) is 46.6. The van der Waals surface area contributed by atoms with Crippen LogP contribution in [0.25, 0.3) is 0 Å². The maximum Gasteiger partial charge on any atom is 0.306 e. The summed E-state index contributed by atoms with van der Waals surface area (Å²) in [6, 6.07) is 0. The molecule has 0 N–H and O–H groups in total. The molecule has 0 spiro atoms. The van der Waals surface area contributed by atoms with Gasteiger partial charge in [-0.2, -0.15) is 0 Å². The van der Waals surface area contributed by atoms with Crippen LogP contribution in [0.1, 0.15) is 335 Å². The average Bonchev–Trinajstić information content (AvgIpc) is 3.75. The Bertz CT molecular complexity index is 2030. The quantitative estimate of drug-likeness (QED) is 0.0195. The number of quaternary nitrogens is 1. The molecule has 0 aromatic rings. The lowest BCUT2D eigenvalue weighted by Gasteiger charge is -2.26. The van der Waals surface area contributed by atoms with Crippen LogP contribution in [0.3, 0.4) is 0 Å². The predicted molar refractivity (Wildman–Crippen MR) is 407 cm³/mol.